The molecule has 5 aliphatic rings. The van der Waals surface area contributed by atoms with Gasteiger partial charge in [0.2, 0.25) is 10.0 Å². The maximum atomic E-state index is 13.8. The molecule has 3 aliphatic heterocycles. The van der Waals surface area contributed by atoms with E-state index in [1.807, 2.05) is 18.2 Å². The van der Waals surface area contributed by atoms with Crippen molar-refractivity contribution >= 4 is 39.2 Å². The van der Waals surface area contributed by atoms with Crippen LogP contribution in [-0.2, 0) is 31.5 Å². The molecule has 1 unspecified atom stereocenters. The molecule has 2 saturated heterocycles. The number of imide groups is 1. The van der Waals surface area contributed by atoms with E-state index in [-0.39, 0.29) is 17.9 Å². The number of fused-ring (bicyclic) bond motifs is 3. The van der Waals surface area contributed by atoms with Gasteiger partial charge in [-0.05, 0) is 62.1 Å². The summed E-state index contributed by atoms with van der Waals surface area (Å²) in [5.41, 5.74) is 1.58. The Labute approximate surface area is 228 Å². The van der Waals surface area contributed by atoms with E-state index in [0.29, 0.717) is 35.8 Å². The summed E-state index contributed by atoms with van der Waals surface area (Å²) < 4.78 is 32.2. The SMILES string of the molecule is CC1(C)C(=O)N(c2ccc3c(c2)N(S(C)(=O)=O)CC32CCC2)C(=O)N1Cc1ccnc(NC2[C@H]3COC[C@@H]23)c1. The number of sulfonamides is 1. The highest BCUT2D eigenvalue weighted by Gasteiger charge is 2.55. The number of carbonyl (C=O) groups is 2. The van der Waals surface area contributed by atoms with Gasteiger partial charge in [0.05, 0.1) is 30.8 Å². The molecule has 1 aromatic heterocycles. The lowest BCUT2D eigenvalue weighted by molar-refractivity contribution is -0.123. The van der Waals surface area contributed by atoms with Crippen molar-refractivity contribution in [2.45, 2.75) is 56.7 Å². The molecule has 0 bridgehead atoms. The standard InChI is InChI=1S/C28H33N5O5S/c1-27(2)25(34)33(18-5-6-21-22(12-18)32(39(3,36)37)16-28(21)8-4-9-28)26(35)31(27)13-17-7-10-29-23(11-17)30-24-19-14-38-15-20(19)24/h5-7,10-12,19-20,24H,4,8-9,13-16H2,1-3H3,(H,29,30)/t19-,20+,24?. The molecule has 11 heteroatoms. The first-order valence-corrected chi connectivity index (χ1v) is 15.4. The van der Waals surface area contributed by atoms with Crippen molar-refractivity contribution in [2.75, 3.05) is 40.5 Å². The number of anilines is 3. The molecule has 7 rings (SSSR count). The first-order chi connectivity index (χ1) is 18.5. The number of carbonyl (C=O) groups excluding carboxylic acids is 2. The summed E-state index contributed by atoms with van der Waals surface area (Å²) in [5, 5.41) is 3.49. The molecule has 1 N–H and O–H groups in total. The van der Waals surface area contributed by atoms with Crippen LogP contribution in [0.25, 0.3) is 0 Å². The zero-order chi connectivity index (χ0) is 27.3. The van der Waals surface area contributed by atoms with Crippen LogP contribution in [0.2, 0.25) is 0 Å². The lowest BCUT2D eigenvalue weighted by Gasteiger charge is -2.38. The number of urea groups is 1. The van der Waals surface area contributed by atoms with Crippen molar-refractivity contribution in [2.24, 2.45) is 11.8 Å². The molecule has 1 aromatic carbocycles. The van der Waals surface area contributed by atoms with Gasteiger partial charge in [-0.15, -0.1) is 0 Å². The second kappa shape index (κ2) is 8.17. The molecule has 206 valence electrons. The minimum Gasteiger partial charge on any atom is -0.381 e. The van der Waals surface area contributed by atoms with E-state index in [9.17, 15) is 18.0 Å². The van der Waals surface area contributed by atoms with Gasteiger partial charge in [-0.25, -0.2) is 23.1 Å². The van der Waals surface area contributed by atoms with Crippen LogP contribution in [0.4, 0.5) is 22.0 Å². The Bertz CT molecular complexity index is 1490. The first-order valence-electron chi connectivity index (χ1n) is 13.6. The Morgan fingerprint density at radius 1 is 1.10 bits per heavy atom. The van der Waals surface area contributed by atoms with Crippen molar-refractivity contribution in [1.82, 2.24) is 9.88 Å². The summed E-state index contributed by atoms with van der Waals surface area (Å²) in [6.45, 7) is 5.72. The monoisotopic (exact) mass is 551 g/mol. The number of rotatable bonds is 6. The van der Waals surface area contributed by atoms with E-state index in [0.717, 1.165) is 49.4 Å². The van der Waals surface area contributed by atoms with Crippen LogP contribution in [-0.4, -0.2) is 67.8 Å². The van der Waals surface area contributed by atoms with Gasteiger partial charge in [-0.1, -0.05) is 12.5 Å². The van der Waals surface area contributed by atoms with Crippen molar-refractivity contribution in [3.63, 3.8) is 0 Å². The number of nitrogens with one attached hydrogen (secondary N) is 1. The molecule has 3 atom stereocenters. The summed E-state index contributed by atoms with van der Waals surface area (Å²) in [4.78, 5) is 34.6. The third-order valence-corrected chi connectivity index (χ3v) is 10.6. The lowest BCUT2D eigenvalue weighted by Crippen LogP contribution is -2.43. The van der Waals surface area contributed by atoms with Gasteiger partial charge in [-0.3, -0.25) is 9.10 Å². The Morgan fingerprint density at radius 3 is 2.51 bits per heavy atom. The highest BCUT2D eigenvalue weighted by Crippen LogP contribution is 2.54. The van der Waals surface area contributed by atoms with Crippen LogP contribution in [0.5, 0.6) is 0 Å². The van der Waals surface area contributed by atoms with Gasteiger partial charge < -0.3 is 15.0 Å². The maximum absolute atomic E-state index is 13.8. The molecule has 10 nitrogen and oxygen atoms in total. The van der Waals surface area contributed by atoms with E-state index < -0.39 is 21.6 Å². The number of nitrogens with zero attached hydrogens (tertiary/aromatic N) is 4. The normalized spacial score (nSPS) is 28.1. The zero-order valence-corrected chi connectivity index (χ0v) is 23.2. The third kappa shape index (κ3) is 3.69. The highest BCUT2D eigenvalue weighted by molar-refractivity contribution is 7.92. The van der Waals surface area contributed by atoms with Crippen molar-refractivity contribution in [1.29, 1.82) is 0 Å². The minimum atomic E-state index is -3.50. The van der Waals surface area contributed by atoms with Crippen LogP contribution in [0, 0.1) is 11.8 Å². The third-order valence-electron chi connectivity index (χ3n) is 9.49. The van der Waals surface area contributed by atoms with Crippen LogP contribution in [0.3, 0.4) is 0 Å². The summed E-state index contributed by atoms with van der Waals surface area (Å²) in [7, 11) is -3.50. The van der Waals surface area contributed by atoms with Crippen molar-refractivity contribution in [3.05, 3.63) is 47.7 Å². The fourth-order valence-corrected chi connectivity index (χ4v) is 7.86. The predicted molar refractivity (Wildman–Crippen MR) is 146 cm³/mol. The fourth-order valence-electron chi connectivity index (χ4n) is 6.87. The number of amides is 3. The average molecular weight is 552 g/mol. The number of hydrogen-bond acceptors (Lipinski definition) is 7. The molecule has 3 amide bonds. The molecule has 2 aliphatic carbocycles. The summed E-state index contributed by atoms with van der Waals surface area (Å²) >= 11 is 0. The largest absolute Gasteiger partial charge is 0.381 e. The van der Waals surface area contributed by atoms with Gasteiger partial charge in [0, 0.05) is 42.6 Å². The topological polar surface area (TPSA) is 112 Å². The number of hydrogen-bond donors (Lipinski definition) is 1. The van der Waals surface area contributed by atoms with Gasteiger partial charge in [0.25, 0.3) is 5.91 Å². The highest BCUT2D eigenvalue weighted by atomic mass is 32.2. The second-order valence-electron chi connectivity index (χ2n) is 12.3. The maximum Gasteiger partial charge on any atom is 0.332 e. The molecule has 4 heterocycles. The smallest absolute Gasteiger partial charge is 0.332 e. The summed E-state index contributed by atoms with van der Waals surface area (Å²) in [5.74, 6) is 1.48. The minimum absolute atomic E-state index is 0.166. The molecule has 39 heavy (non-hydrogen) atoms. The Hall–Kier alpha value is -3.18. The van der Waals surface area contributed by atoms with E-state index in [4.69, 9.17) is 4.74 Å². The van der Waals surface area contributed by atoms with Crippen molar-refractivity contribution in [3.8, 4) is 0 Å². The van der Waals surface area contributed by atoms with Gasteiger partial charge in [0.15, 0.2) is 0 Å². The van der Waals surface area contributed by atoms with Gasteiger partial charge >= 0.3 is 6.03 Å². The first kappa shape index (κ1) is 24.8. The predicted octanol–water partition coefficient (Wildman–Crippen LogP) is 3.09. The molecule has 4 fully saturated rings. The Kier molecular flexibility index (Phi) is 5.20. The van der Waals surface area contributed by atoms with Gasteiger partial charge in [0.1, 0.15) is 11.4 Å². The van der Waals surface area contributed by atoms with E-state index in [2.05, 4.69) is 10.3 Å². The van der Waals surface area contributed by atoms with E-state index in [1.165, 1.54) is 15.5 Å². The van der Waals surface area contributed by atoms with Crippen LogP contribution in [0.1, 0.15) is 44.2 Å². The van der Waals surface area contributed by atoms with Crippen molar-refractivity contribution < 1.29 is 22.7 Å². The molecular formula is C28H33N5O5S. The van der Waals surface area contributed by atoms with Crippen LogP contribution in [0.15, 0.2) is 36.5 Å². The molecule has 1 spiro atoms. The zero-order valence-electron chi connectivity index (χ0n) is 22.4. The number of pyridine rings is 1. The molecular weight excluding hydrogens is 518 g/mol. The summed E-state index contributed by atoms with van der Waals surface area (Å²) in [6.07, 6.45) is 5.86. The van der Waals surface area contributed by atoms with E-state index >= 15 is 0 Å². The fraction of sp³-hybridized carbons (Fsp3) is 0.536. The summed E-state index contributed by atoms with van der Waals surface area (Å²) in [6, 6.07) is 9.12. The molecule has 2 aromatic rings. The lowest BCUT2D eigenvalue weighted by atomic mass is 9.66. The number of aromatic nitrogens is 1. The molecule has 0 radical (unpaired) electrons. The van der Waals surface area contributed by atoms with Crippen LogP contribution < -0.4 is 14.5 Å². The number of benzene rings is 1. The molecule has 2 saturated carbocycles. The van der Waals surface area contributed by atoms with Gasteiger partial charge in [-0.2, -0.15) is 0 Å². The van der Waals surface area contributed by atoms with Crippen LogP contribution >= 0.6 is 0 Å². The quantitative estimate of drug-likeness (QED) is 0.549. The number of ether oxygens (including phenoxy) is 1. The Balaban J connectivity index is 1.16. The second-order valence-corrected chi connectivity index (χ2v) is 14.2. The van der Waals surface area contributed by atoms with E-state index in [1.54, 1.807) is 37.1 Å². The average Bonchev–Trinajstić information content (AvgIpc) is 3.17. The Morgan fingerprint density at radius 2 is 1.85 bits per heavy atom.